The number of oxime groups is 1. The molecule has 2 N–H and O–H groups in total. The molecule has 12 heteroatoms. The van der Waals surface area contributed by atoms with Crippen LogP contribution < -0.4 is 18.9 Å². The van der Waals surface area contributed by atoms with Gasteiger partial charge in [-0.3, -0.25) is 9.69 Å². The van der Waals surface area contributed by atoms with E-state index < -0.39 is 17.4 Å². The number of benzene rings is 2. The first-order valence-corrected chi connectivity index (χ1v) is 21.9. The van der Waals surface area contributed by atoms with Gasteiger partial charge in [-0.15, -0.1) is 6.58 Å². The molecule has 59 heavy (non-hydrogen) atoms. The summed E-state index contributed by atoms with van der Waals surface area (Å²) in [7, 11) is 0. The standard InChI is InChI=1S/C47H63N3O9/c1-5-23-57-47-42(50(45(53)32-13-14-32)29-31-12-16-40-41(25-31)56-30-55-40)28-38(48-59-46(2,3)4)36-26-33(10-6-8-21-51)35(11-7-9-22-52)43(44(36)47)37-27-34(15-17-39(37)58-47)54-24-20-49-18-19-49/h5,12,15-17,25-27,32-33,35,42-44,51-52H,1,6-11,13-14,18-24,28-30H2,2-4H3. The number of hydrogen-bond acceptors (Lipinski definition) is 11. The van der Waals surface area contributed by atoms with Crippen LogP contribution in [0.1, 0.15) is 95.6 Å². The number of fused-ring (bicyclic) bond motifs is 3. The van der Waals surface area contributed by atoms with Gasteiger partial charge in [-0.2, -0.15) is 0 Å². The summed E-state index contributed by atoms with van der Waals surface area (Å²) in [4.78, 5) is 25.5. The van der Waals surface area contributed by atoms with Crippen molar-refractivity contribution in [2.75, 3.05) is 52.9 Å². The molecular weight excluding hydrogens is 751 g/mol. The Morgan fingerprint density at radius 1 is 1.02 bits per heavy atom. The lowest BCUT2D eigenvalue weighted by atomic mass is 9.55. The van der Waals surface area contributed by atoms with Gasteiger partial charge >= 0.3 is 0 Å². The van der Waals surface area contributed by atoms with Crippen molar-refractivity contribution >= 4 is 11.6 Å². The van der Waals surface area contributed by atoms with Crippen molar-refractivity contribution in [3.05, 3.63) is 71.8 Å². The van der Waals surface area contributed by atoms with Crippen molar-refractivity contribution in [3.8, 4) is 23.0 Å². The molecule has 0 bridgehead atoms. The number of nitrogens with zero attached hydrogens (tertiary/aromatic N) is 3. The quantitative estimate of drug-likeness (QED) is 0.0625. The van der Waals surface area contributed by atoms with Crippen molar-refractivity contribution in [2.24, 2.45) is 28.8 Å². The summed E-state index contributed by atoms with van der Waals surface area (Å²) in [6.07, 6.45) is 11.0. The van der Waals surface area contributed by atoms with Crippen molar-refractivity contribution in [1.29, 1.82) is 0 Å². The number of hydrogen-bond donors (Lipinski definition) is 2. The maximum atomic E-state index is 14.9. The highest BCUT2D eigenvalue weighted by molar-refractivity contribution is 6.03. The van der Waals surface area contributed by atoms with Crippen LogP contribution in [0, 0.1) is 23.7 Å². The van der Waals surface area contributed by atoms with Crippen molar-refractivity contribution in [1.82, 2.24) is 9.80 Å². The predicted molar refractivity (Wildman–Crippen MR) is 224 cm³/mol. The van der Waals surface area contributed by atoms with Crippen LogP contribution in [0.25, 0.3) is 0 Å². The number of carbonyl (C=O) groups is 1. The molecule has 8 rings (SSSR count). The molecule has 2 saturated carbocycles. The van der Waals surface area contributed by atoms with E-state index in [0.717, 1.165) is 86.3 Å². The van der Waals surface area contributed by atoms with Crippen LogP contribution in [0.5, 0.6) is 23.0 Å². The largest absolute Gasteiger partial charge is 0.492 e. The molecule has 0 spiro atoms. The number of carbonyl (C=O) groups excluding carboxylic acids is 1. The average Bonchev–Trinajstić information content (AvgIpc) is 4.17. The molecule has 2 aromatic carbocycles. The maximum Gasteiger partial charge on any atom is 0.239 e. The molecule has 6 aliphatic rings. The second-order valence-corrected chi connectivity index (χ2v) is 18.1. The molecule has 3 aliphatic carbocycles. The van der Waals surface area contributed by atoms with Crippen LogP contribution in [0.4, 0.5) is 0 Å². The van der Waals surface area contributed by atoms with Crippen molar-refractivity contribution in [3.63, 3.8) is 0 Å². The molecule has 1 amide bonds. The number of unbranched alkanes of at least 4 members (excludes halogenated alkanes) is 2. The molecule has 6 atom stereocenters. The second kappa shape index (κ2) is 17.9. The van der Waals surface area contributed by atoms with Crippen molar-refractivity contribution in [2.45, 2.75) is 108 Å². The fourth-order valence-corrected chi connectivity index (χ4v) is 9.66. The summed E-state index contributed by atoms with van der Waals surface area (Å²) in [6.45, 7) is 14.7. The van der Waals surface area contributed by atoms with Gasteiger partial charge in [0.15, 0.2) is 11.5 Å². The average molecular weight is 814 g/mol. The highest BCUT2D eigenvalue weighted by atomic mass is 16.7. The van der Waals surface area contributed by atoms with E-state index in [0.29, 0.717) is 49.7 Å². The SMILES string of the molecule is C=CCOC12Oc3ccc(OCCN4CC4)cc3C3C(CCCCO)C(CCCCO)C=C(C(=NOC(C)(C)C)CC1N(Cc1ccc4c(c1)OCO4)C(=O)C1CC1)C32. The van der Waals surface area contributed by atoms with E-state index in [1.807, 2.05) is 56.0 Å². The van der Waals surface area contributed by atoms with Gasteiger partial charge in [-0.1, -0.05) is 36.2 Å². The Bertz CT molecular complexity index is 1880. The first kappa shape index (κ1) is 41.6. The number of aliphatic hydroxyl groups excluding tert-OH is 2. The Labute approximate surface area is 349 Å². The fourth-order valence-electron chi connectivity index (χ4n) is 9.66. The monoisotopic (exact) mass is 813 g/mol. The fraction of sp³-hybridized carbons (Fsp3) is 0.617. The summed E-state index contributed by atoms with van der Waals surface area (Å²) in [5.41, 5.74) is 3.21. The molecule has 0 aromatic heterocycles. The van der Waals surface area contributed by atoms with E-state index in [9.17, 15) is 15.0 Å². The van der Waals surface area contributed by atoms with Crippen LogP contribution in [0.3, 0.4) is 0 Å². The van der Waals surface area contributed by atoms with E-state index in [-0.39, 0.29) is 62.1 Å². The molecule has 3 aliphatic heterocycles. The first-order valence-electron chi connectivity index (χ1n) is 21.9. The highest BCUT2D eigenvalue weighted by Gasteiger charge is 2.66. The third kappa shape index (κ3) is 9.16. The minimum Gasteiger partial charge on any atom is -0.492 e. The van der Waals surface area contributed by atoms with Gasteiger partial charge in [0, 0.05) is 63.2 Å². The van der Waals surface area contributed by atoms with Crippen LogP contribution in [0.2, 0.25) is 0 Å². The molecule has 3 heterocycles. The van der Waals surface area contributed by atoms with Gasteiger partial charge in [0.2, 0.25) is 18.5 Å². The van der Waals surface area contributed by atoms with Crippen LogP contribution >= 0.6 is 0 Å². The summed E-state index contributed by atoms with van der Waals surface area (Å²) in [5.74, 6) is 1.27. The maximum absolute atomic E-state index is 14.9. The molecule has 1 saturated heterocycles. The van der Waals surface area contributed by atoms with E-state index in [4.69, 9.17) is 33.7 Å². The Kier molecular flexibility index (Phi) is 12.6. The minimum atomic E-state index is -1.33. The van der Waals surface area contributed by atoms with Gasteiger partial charge in [0.25, 0.3) is 0 Å². The normalized spacial score (nSPS) is 27.3. The Morgan fingerprint density at radius 3 is 2.51 bits per heavy atom. The molecular formula is C47H63N3O9. The van der Waals surface area contributed by atoms with Crippen molar-refractivity contribution < 1.29 is 43.5 Å². The zero-order valence-corrected chi connectivity index (χ0v) is 35.1. The lowest BCUT2D eigenvalue weighted by molar-refractivity contribution is -0.258. The van der Waals surface area contributed by atoms with E-state index >= 15 is 0 Å². The molecule has 320 valence electrons. The third-order valence-corrected chi connectivity index (χ3v) is 12.7. The zero-order valence-electron chi connectivity index (χ0n) is 35.1. The minimum absolute atomic E-state index is 0.0658. The van der Waals surface area contributed by atoms with E-state index in [1.165, 1.54) is 0 Å². The first-order chi connectivity index (χ1) is 28.6. The van der Waals surface area contributed by atoms with Crippen LogP contribution in [-0.4, -0.2) is 102 Å². The van der Waals surface area contributed by atoms with Gasteiger partial charge in [0.05, 0.1) is 18.2 Å². The number of allylic oxidation sites excluding steroid dienone is 1. The summed E-state index contributed by atoms with van der Waals surface area (Å²) >= 11 is 0. The number of rotatable bonds is 20. The number of ether oxygens (including phenoxy) is 5. The van der Waals surface area contributed by atoms with Gasteiger partial charge < -0.3 is 43.6 Å². The van der Waals surface area contributed by atoms with Gasteiger partial charge in [-0.05, 0) is 113 Å². The predicted octanol–water partition coefficient (Wildman–Crippen LogP) is 6.98. The lowest BCUT2D eigenvalue weighted by Crippen LogP contribution is -2.70. The van der Waals surface area contributed by atoms with Crippen LogP contribution in [-0.2, 0) is 20.9 Å². The number of amides is 1. The van der Waals surface area contributed by atoms with Gasteiger partial charge in [-0.25, -0.2) is 0 Å². The van der Waals surface area contributed by atoms with E-state index in [2.05, 4.69) is 23.6 Å². The summed E-state index contributed by atoms with van der Waals surface area (Å²) in [5, 5.41) is 24.9. The Morgan fingerprint density at radius 2 is 1.78 bits per heavy atom. The molecule has 6 unspecified atom stereocenters. The molecule has 2 aromatic rings. The zero-order chi connectivity index (χ0) is 41.1. The van der Waals surface area contributed by atoms with E-state index in [1.54, 1.807) is 6.08 Å². The number of aliphatic hydroxyl groups is 2. The smallest absolute Gasteiger partial charge is 0.239 e. The highest BCUT2D eigenvalue weighted by Crippen LogP contribution is 2.62. The lowest BCUT2D eigenvalue weighted by Gasteiger charge is -2.60. The summed E-state index contributed by atoms with van der Waals surface area (Å²) < 4.78 is 32.5. The molecule has 0 radical (unpaired) electrons. The summed E-state index contributed by atoms with van der Waals surface area (Å²) in [6, 6.07) is 11.5. The third-order valence-electron chi connectivity index (χ3n) is 12.7. The van der Waals surface area contributed by atoms with Gasteiger partial charge in [0.1, 0.15) is 29.7 Å². The topological polar surface area (TPSA) is 132 Å². The Hall–Kier alpha value is -4.10. The Balaban J connectivity index is 1.31. The second-order valence-electron chi connectivity index (χ2n) is 18.1. The van der Waals surface area contributed by atoms with Crippen LogP contribution in [0.15, 0.2) is 65.9 Å². The molecule has 3 fully saturated rings. The molecule has 12 nitrogen and oxygen atoms in total.